The summed E-state index contributed by atoms with van der Waals surface area (Å²) in [7, 11) is 0. The number of halogens is 1. The minimum Gasteiger partial charge on any atom is -0.392 e. The molecule has 0 spiro atoms. The SMILES string of the molecule is C#CC1(CO)CC[C@H](n2cnc3c(N)nc(F)nc32)O1. The van der Waals surface area contributed by atoms with E-state index in [2.05, 4.69) is 20.9 Å². The van der Waals surface area contributed by atoms with Gasteiger partial charge in [0.15, 0.2) is 22.6 Å². The van der Waals surface area contributed by atoms with E-state index in [9.17, 15) is 9.50 Å². The second kappa shape index (κ2) is 4.40. The van der Waals surface area contributed by atoms with Gasteiger partial charge in [0.05, 0.1) is 12.9 Å². The number of aliphatic hydroxyl groups is 1. The minimum atomic E-state index is -1.02. The molecule has 104 valence electrons. The number of terminal acetylenes is 1. The molecule has 1 aliphatic heterocycles. The molecule has 0 aliphatic carbocycles. The smallest absolute Gasteiger partial charge is 0.312 e. The maximum atomic E-state index is 13.3. The van der Waals surface area contributed by atoms with Crippen molar-refractivity contribution in [3.8, 4) is 12.3 Å². The minimum absolute atomic E-state index is 0.0328. The highest BCUT2D eigenvalue weighted by Gasteiger charge is 2.39. The second-order valence-corrected chi connectivity index (χ2v) is 4.61. The van der Waals surface area contributed by atoms with Crippen LogP contribution >= 0.6 is 0 Å². The highest BCUT2D eigenvalue weighted by atomic mass is 19.1. The number of fused-ring (bicyclic) bond motifs is 1. The van der Waals surface area contributed by atoms with Gasteiger partial charge in [0, 0.05) is 0 Å². The Hall–Kier alpha value is -2.24. The molecule has 2 aromatic heterocycles. The number of anilines is 1. The summed E-state index contributed by atoms with van der Waals surface area (Å²) in [6.07, 6.45) is 6.48. The van der Waals surface area contributed by atoms with Crippen molar-refractivity contribution in [3.05, 3.63) is 12.4 Å². The lowest BCUT2D eigenvalue weighted by Crippen LogP contribution is -2.31. The van der Waals surface area contributed by atoms with Gasteiger partial charge >= 0.3 is 6.08 Å². The molecule has 7 nitrogen and oxygen atoms in total. The summed E-state index contributed by atoms with van der Waals surface area (Å²) in [5, 5.41) is 9.34. The van der Waals surface area contributed by atoms with Gasteiger partial charge in [-0.05, 0) is 12.8 Å². The maximum absolute atomic E-state index is 13.3. The van der Waals surface area contributed by atoms with Gasteiger partial charge in [-0.1, -0.05) is 5.92 Å². The van der Waals surface area contributed by atoms with Crippen molar-refractivity contribution < 1.29 is 14.2 Å². The zero-order valence-corrected chi connectivity index (χ0v) is 10.5. The lowest BCUT2D eigenvalue weighted by atomic mass is 10.0. The molecule has 2 aromatic rings. The first-order valence-electron chi connectivity index (χ1n) is 6.00. The van der Waals surface area contributed by atoms with Crippen LogP contribution in [0.25, 0.3) is 11.2 Å². The van der Waals surface area contributed by atoms with Crippen LogP contribution in [-0.2, 0) is 4.74 Å². The lowest BCUT2D eigenvalue weighted by molar-refractivity contribution is -0.0618. The Kier molecular flexibility index (Phi) is 2.81. The van der Waals surface area contributed by atoms with Gasteiger partial charge < -0.3 is 15.6 Å². The van der Waals surface area contributed by atoms with Crippen LogP contribution in [-0.4, -0.2) is 36.8 Å². The fourth-order valence-corrected chi connectivity index (χ4v) is 2.32. The monoisotopic (exact) mass is 277 g/mol. The molecule has 0 bridgehead atoms. The van der Waals surface area contributed by atoms with E-state index >= 15 is 0 Å². The predicted octanol–water partition coefficient (Wildman–Crippen LogP) is 0.221. The number of imidazole rings is 1. The third-order valence-electron chi connectivity index (χ3n) is 3.41. The Balaban J connectivity index is 2.03. The number of hydrogen-bond acceptors (Lipinski definition) is 6. The first-order chi connectivity index (χ1) is 9.58. The highest BCUT2D eigenvalue weighted by Crippen LogP contribution is 2.37. The Bertz CT molecular complexity index is 710. The van der Waals surface area contributed by atoms with Crippen LogP contribution in [0.2, 0.25) is 0 Å². The van der Waals surface area contributed by atoms with Gasteiger partial charge in [-0.15, -0.1) is 6.42 Å². The molecule has 2 atom stereocenters. The molecule has 1 unspecified atom stereocenters. The second-order valence-electron chi connectivity index (χ2n) is 4.61. The molecule has 0 saturated carbocycles. The van der Waals surface area contributed by atoms with E-state index in [1.807, 2.05) is 0 Å². The van der Waals surface area contributed by atoms with E-state index in [4.69, 9.17) is 16.9 Å². The van der Waals surface area contributed by atoms with Crippen LogP contribution in [0.15, 0.2) is 6.33 Å². The van der Waals surface area contributed by atoms with E-state index in [0.29, 0.717) is 18.4 Å². The number of nitrogen functional groups attached to an aromatic ring is 1. The Morgan fingerprint density at radius 1 is 1.65 bits per heavy atom. The van der Waals surface area contributed by atoms with Crippen LogP contribution < -0.4 is 5.73 Å². The van der Waals surface area contributed by atoms with Crippen molar-refractivity contribution in [2.45, 2.75) is 24.7 Å². The summed E-state index contributed by atoms with van der Waals surface area (Å²) in [6.45, 7) is -0.280. The molecule has 0 aromatic carbocycles. The van der Waals surface area contributed by atoms with Crippen molar-refractivity contribution in [2.24, 2.45) is 0 Å². The average molecular weight is 277 g/mol. The summed E-state index contributed by atoms with van der Waals surface area (Å²) < 4.78 is 20.5. The van der Waals surface area contributed by atoms with Crippen LogP contribution in [0.5, 0.6) is 0 Å². The zero-order chi connectivity index (χ0) is 14.3. The van der Waals surface area contributed by atoms with Crippen molar-refractivity contribution in [3.63, 3.8) is 0 Å². The van der Waals surface area contributed by atoms with Crippen molar-refractivity contribution in [1.82, 2.24) is 19.5 Å². The number of aliphatic hydroxyl groups excluding tert-OH is 1. The van der Waals surface area contributed by atoms with Gasteiger partial charge in [0.1, 0.15) is 6.23 Å². The Morgan fingerprint density at radius 3 is 3.10 bits per heavy atom. The summed E-state index contributed by atoms with van der Waals surface area (Å²) in [5.74, 6) is 2.42. The van der Waals surface area contributed by atoms with E-state index < -0.39 is 17.9 Å². The van der Waals surface area contributed by atoms with Crippen LogP contribution in [0.1, 0.15) is 19.1 Å². The number of hydrogen-bond donors (Lipinski definition) is 2. The third-order valence-corrected chi connectivity index (χ3v) is 3.41. The molecule has 3 N–H and O–H groups in total. The molecule has 8 heteroatoms. The number of ether oxygens (including phenoxy) is 1. The molecule has 0 radical (unpaired) electrons. The highest BCUT2D eigenvalue weighted by molar-refractivity contribution is 5.81. The van der Waals surface area contributed by atoms with E-state index in [-0.39, 0.29) is 18.1 Å². The third kappa shape index (κ3) is 1.79. The molecular weight excluding hydrogens is 265 g/mol. The lowest BCUT2D eigenvalue weighted by Gasteiger charge is -2.21. The van der Waals surface area contributed by atoms with Crippen molar-refractivity contribution in [2.75, 3.05) is 12.3 Å². The van der Waals surface area contributed by atoms with E-state index in [1.165, 1.54) is 6.33 Å². The Labute approximate surface area is 113 Å². The van der Waals surface area contributed by atoms with Crippen LogP contribution in [0.3, 0.4) is 0 Å². The molecule has 1 saturated heterocycles. The number of rotatable bonds is 2. The largest absolute Gasteiger partial charge is 0.392 e. The maximum Gasteiger partial charge on any atom is 0.312 e. The fraction of sp³-hybridized carbons (Fsp3) is 0.417. The molecule has 3 heterocycles. The predicted molar refractivity (Wildman–Crippen MR) is 67.7 cm³/mol. The summed E-state index contributed by atoms with van der Waals surface area (Å²) >= 11 is 0. The number of nitrogens with two attached hydrogens (primary N) is 1. The first kappa shape index (κ1) is 12.8. The molecule has 20 heavy (non-hydrogen) atoms. The van der Waals surface area contributed by atoms with E-state index in [0.717, 1.165) is 0 Å². The Morgan fingerprint density at radius 2 is 2.45 bits per heavy atom. The van der Waals surface area contributed by atoms with Gasteiger partial charge in [-0.25, -0.2) is 4.98 Å². The average Bonchev–Trinajstić information content (AvgIpc) is 3.02. The topological polar surface area (TPSA) is 99.1 Å². The van der Waals surface area contributed by atoms with Crippen molar-refractivity contribution in [1.29, 1.82) is 0 Å². The summed E-state index contributed by atoms with van der Waals surface area (Å²) in [5.41, 5.74) is 5.12. The number of aromatic nitrogens is 4. The standard InChI is InChI=1S/C12H12FN5O2/c1-2-12(5-19)4-3-7(20-12)18-6-15-8-9(14)16-11(13)17-10(8)18/h1,6-7,19H,3-5H2,(H2,14,16,17)/t7-,12?/m1/s1. The van der Waals surface area contributed by atoms with E-state index in [1.54, 1.807) is 4.57 Å². The van der Waals surface area contributed by atoms with Gasteiger partial charge in [0.25, 0.3) is 0 Å². The summed E-state index contributed by atoms with van der Waals surface area (Å²) in [6, 6.07) is 0. The van der Waals surface area contributed by atoms with Gasteiger partial charge in [-0.3, -0.25) is 4.57 Å². The van der Waals surface area contributed by atoms with Crippen LogP contribution in [0.4, 0.5) is 10.2 Å². The normalized spacial score (nSPS) is 25.9. The molecule has 3 rings (SSSR count). The quantitative estimate of drug-likeness (QED) is 0.602. The van der Waals surface area contributed by atoms with Gasteiger partial charge in [-0.2, -0.15) is 14.4 Å². The molecule has 1 fully saturated rings. The number of nitrogens with zero attached hydrogens (tertiary/aromatic N) is 4. The first-order valence-corrected chi connectivity index (χ1v) is 6.00. The summed E-state index contributed by atoms with van der Waals surface area (Å²) in [4.78, 5) is 11.2. The van der Waals surface area contributed by atoms with Gasteiger partial charge in [0.2, 0.25) is 0 Å². The molecular formula is C12H12FN5O2. The molecule has 0 amide bonds. The van der Waals surface area contributed by atoms with Crippen molar-refractivity contribution >= 4 is 17.0 Å². The fourth-order valence-electron chi connectivity index (χ4n) is 2.32. The molecule has 1 aliphatic rings. The van der Waals surface area contributed by atoms with Crippen LogP contribution in [0, 0.1) is 18.4 Å². The zero-order valence-electron chi connectivity index (χ0n) is 10.5.